The molecule has 6 aliphatic rings. The number of allylic oxidation sites excluding steroid dienone is 1. The van der Waals surface area contributed by atoms with Crippen molar-refractivity contribution in [2.45, 2.75) is 37.6 Å². The second kappa shape index (κ2) is 9.49. The Morgan fingerprint density at radius 1 is 1.07 bits per heavy atom. The number of carboxylic acid groups (broad SMARTS) is 2. The van der Waals surface area contributed by atoms with Crippen molar-refractivity contribution in [1.82, 2.24) is 0 Å². The van der Waals surface area contributed by atoms with Gasteiger partial charge in [-0.15, -0.1) is 0 Å². The van der Waals surface area contributed by atoms with Crippen molar-refractivity contribution in [3.05, 3.63) is 70.1 Å². The van der Waals surface area contributed by atoms with E-state index in [0.29, 0.717) is 47.2 Å². The molecule has 11 heteroatoms. The highest BCUT2D eigenvalue weighted by Gasteiger charge is 2.57. The molecule has 4 atom stereocenters. The summed E-state index contributed by atoms with van der Waals surface area (Å²) in [5.74, 6) is -2.86. The van der Waals surface area contributed by atoms with Crippen molar-refractivity contribution in [3.8, 4) is 5.75 Å². The molecule has 0 radical (unpaired) electrons. The maximum atomic E-state index is 16.2. The minimum atomic E-state index is -1.31. The molecule has 2 N–H and O–H groups in total. The summed E-state index contributed by atoms with van der Waals surface area (Å²) in [5.41, 5.74) is 2.55. The number of halogens is 1. The second-order valence-electron chi connectivity index (χ2n) is 12.8. The third-order valence-corrected chi connectivity index (χ3v) is 10.4. The summed E-state index contributed by atoms with van der Waals surface area (Å²) in [7, 11) is 1.47. The van der Waals surface area contributed by atoms with Crippen molar-refractivity contribution >= 4 is 41.0 Å². The van der Waals surface area contributed by atoms with Crippen LogP contribution in [0.3, 0.4) is 0 Å². The number of anilines is 2. The number of ether oxygens (including phenoxy) is 1. The fourth-order valence-electron chi connectivity index (χ4n) is 8.30. The number of amidine groups is 1. The van der Waals surface area contributed by atoms with Crippen LogP contribution in [0.25, 0.3) is 6.08 Å². The highest BCUT2D eigenvalue weighted by molar-refractivity contribution is 6.29. The molecule has 44 heavy (non-hydrogen) atoms. The van der Waals surface area contributed by atoms with Crippen LogP contribution >= 0.6 is 0 Å². The van der Waals surface area contributed by atoms with Crippen molar-refractivity contribution in [1.29, 1.82) is 0 Å². The zero-order valence-electron chi connectivity index (χ0n) is 24.2. The molecular weight excluding hydrogens is 567 g/mol. The first-order valence-electron chi connectivity index (χ1n) is 15.1. The van der Waals surface area contributed by atoms with Crippen LogP contribution in [0.2, 0.25) is 0 Å². The van der Waals surface area contributed by atoms with Crippen molar-refractivity contribution < 1.29 is 38.3 Å². The Balaban J connectivity index is 1.19. The van der Waals surface area contributed by atoms with Crippen LogP contribution in [0.5, 0.6) is 5.75 Å². The molecular formula is C33H32FN4O6+. The summed E-state index contributed by atoms with van der Waals surface area (Å²) in [4.78, 5) is 41.4. The van der Waals surface area contributed by atoms with E-state index >= 15 is 4.39 Å². The van der Waals surface area contributed by atoms with E-state index < -0.39 is 23.5 Å². The standard InChI is InChI=1S/C33H31FN4O6/c1-44-30-27-20(17-8-9-17)12-22(32(40)41)29(39)21(27)13-24(34)28(30)36-14-19-6-4-10-38(26(19)15-36)16-37-25-7-3-2-5-18(25)11-23(33(42)43)31(37)35-38/h2-3,5,7,11-13,17,19-20,26H,4,6,8-10,14-16H2,1H3,(H-,40,41,42,43)/p+1/t19-,20?,26+,38?/m0/s1. The molecule has 4 aliphatic heterocycles. The molecule has 2 unspecified atom stereocenters. The lowest BCUT2D eigenvalue weighted by atomic mass is 9.79. The molecule has 10 nitrogen and oxygen atoms in total. The lowest BCUT2D eigenvalue weighted by Gasteiger charge is -2.41. The number of hydrogen-bond donors (Lipinski definition) is 2. The number of methoxy groups -OCH3 is 1. The van der Waals surface area contributed by atoms with Gasteiger partial charge in [-0.2, -0.15) is 4.59 Å². The first-order chi connectivity index (χ1) is 21.2. The lowest BCUT2D eigenvalue weighted by Crippen LogP contribution is -2.58. The molecule has 2 aromatic rings. The molecule has 1 spiro atoms. The quantitative estimate of drug-likeness (QED) is 0.387. The second-order valence-corrected chi connectivity index (χ2v) is 12.8. The molecule has 1 saturated carbocycles. The molecule has 0 bridgehead atoms. The molecule has 2 saturated heterocycles. The molecule has 3 fully saturated rings. The number of benzene rings is 2. The van der Waals surface area contributed by atoms with Gasteiger partial charge in [-0.25, -0.2) is 14.0 Å². The van der Waals surface area contributed by atoms with E-state index in [-0.39, 0.29) is 40.5 Å². The fourth-order valence-corrected chi connectivity index (χ4v) is 8.30. The molecule has 8 rings (SSSR count). The van der Waals surface area contributed by atoms with Crippen LogP contribution in [-0.4, -0.2) is 77.8 Å². The van der Waals surface area contributed by atoms with Gasteiger partial charge >= 0.3 is 11.9 Å². The number of aliphatic carboxylic acids is 2. The van der Waals surface area contributed by atoms with Crippen molar-refractivity contribution in [2.24, 2.45) is 16.9 Å². The summed E-state index contributed by atoms with van der Waals surface area (Å²) in [5, 5.41) is 24.9. The number of hydrogen-bond acceptors (Lipinski definition) is 7. The topological polar surface area (TPSA) is 120 Å². The van der Waals surface area contributed by atoms with Crippen LogP contribution in [0.1, 0.15) is 53.1 Å². The van der Waals surface area contributed by atoms with E-state index in [1.54, 1.807) is 6.08 Å². The first-order valence-corrected chi connectivity index (χ1v) is 15.1. The third-order valence-electron chi connectivity index (χ3n) is 10.4. The van der Waals surface area contributed by atoms with E-state index in [1.807, 2.05) is 34.1 Å². The van der Waals surface area contributed by atoms with Gasteiger partial charge in [-0.3, -0.25) is 9.69 Å². The molecule has 2 aromatic carbocycles. The maximum absolute atomic E-state index is 16.2. The molecule has 2 aliphatic carbocycles. The fraction of sp³-hybridized carbons (Fsp3) is 0.394. The normalized spacial score (nSPS) is 28.5. The van der Waals surface area contributed by atoms with Gasteiger partial charge in [0.25, 0.3) is 0 Å². The summed E-state index contributed by atoms with van der Waals surface area (Å²) >= 11 is 0. The average Bonchev–Trinajstić information content (AvgIpc) is 3.63. The number of rotatable bonds is 5. The van der Waals surface area contributed by atoms with Gasteiger partial charge < -0.3 is 19.8 Å². The number of quaternary nitrogens is 1. The van der Waals surface area contributed by atoms with Crippen LogP contribution < -0.4 is 14.5 Å². The summed E-state index contributed by atoms with van der Waals surface area (Å²) in [6, 6.07) is 8.91. The Kier molecular flexibility index (Phi) is 5.84. The molecule has 0 aromatic heterocycles. The van der Waals surface area contributed by atoms with Crippen molar-refractivity contribution in [3.63, 3.8) is 0 Å². The zero-order chi connectivity index (χ0) is 30.5. The third kappa shape index (κ3) is 3.81. The highest BCUT2D eigenvalue weighted by atomic mass is 19.1. The number of fused-ring (bicyclic) bond motifs is 6. The van der Waals surface area contributed by atoms with Crippen LogP contribution in [0, 0.1) is 17.7 Å². The number of carbonyl (C=O) groups is 3. The maximum Gasteiger partial charge on any atom is 0.339 e. The molecule has 226 valence electrons. The Morgan fingerprint density at radius 3 is 2.57 bits per heavy atom. The highest BCUT2D eigenvalue weighted by Crippen LogP contribution is 2.54. The molecule has 0 amide bonds. The number of para-hydroxylation sites is 1. The van der Waals surface area contributed by atoms with Gasteiger partial charge in [0.2, 0.25) is 11.6 Å². The first kappa shape index (κ1) is 27.1. The molecule has 4 heterocycles. The van der Waals surface area contributed by atoms with E-state index in [2.05, 4.69) is 0 Å². The van der Waals surface area contributed by atoms with Gasteiger partial charge in [0.1, 0.15) is 35.2 Å². The van der Waals surface area contributed by atoms with E-state index in [0.717, 1.165) is 43.5 Å². The SMILES string of the molecule is COc1c2c(cc(F)c1N1C[C@@H]3CCC[N+]4(CN5C(=N4)C(C(=O)O)=Cc4ccccc45)[C@@H]3C1)C(=O)C(C(=O)O)=CC2C1CC1. The lowest BCUT2D eigenvalue weighted by molar-refractivity contribution is -0.957. The van der Waals surface area contributed by atoms with Gasteiger partial charge in [0, 0.05) is 29.5 Å². The van der Waals surface area contributed by atoms with Crippen LogP contribution in [0.15, 0.2) is 52.7 Å². The number of carbonyl (C=O) groups excluding carboxylic acids is 1. The monoisotopic (exact) mass is 599 g/mol. The summed E-state index contributed by atoms with van der Waals surface area (Å²) in [6.07, 6.45) is 6.86. The van der Waals surface area contributed by atoms with Crippen LogP contribution in [0.4, 0.5) is 15.8 Å². The van der Waals surface area contributed by atoms with Gasteiger partial charge in [0.05, 0.1) is 19.3 Å². The number of piperidine rings is 1. The number of nitrogens with zero attached hydrogens (tertiary/aromatic N) is 4. The van der Waals surface area contributed by atoms with E-state index in [4.69, 9.17) is 9.84 Å². The minimum absolute atomic E-state index is 0.0106. The smallest absolute Gasteiger partial charge is 0.339 e. The largest absolute Gasteiger partial charge is 0.494 e. The van der Waals surface area contributed by atoms with Gasteiger partial charge in [-0.05, 0) is 55.4 Å². The number of ketones is 1. The number of Topliss-reactive ketones (excluding diaryl/α,β-unsaturated/α-hetero) is 1. The minimum Gasteiger partial charge on any atom is -0.494 e. The summed E-state index contributed by atoms with van der Waals surface area (Å²) in [6.45, 7) is 2.29. The van der Waals surface area contributed by atoms with Gasteiger partial charge in [0.15, 0.2) is 12.5 Å². The average molecular weight is 600 g/mol. The zero-order valence-corrected chi connectivity index (χ0v) is 24.2. The summed E-state index contributed by atoms with van der Waals surface area (Å²) < 4.78 is 22.4. The van der Waals surface area contributed by atoms with Gasteiger partial charge in [-0.1, -0.05) is 29.4 Å². The van der Waals surface area contributed by atoms with Crippen LogP contribution in [-0.2, 0) is 9.59 Å². The Bertz CT molecular complexity index is 1760. The Labute approximate surface area is 252 Å². The number of carboxylic acids is 2. The van der Waals surface area contributed by atoms with E-state index in [9.17, 15) is 24.6 Å². The van der Waals surface area contributed by atoms with E-state index in [1.165, 1.54) is 19.3 Å². The predicted octanol–water partition coefficient (Wildman–Crippen LogP) is 4.22. The predicted molar refractivity (Wildman–Crippen MR) is 159 cm³/mol. The Morgan fingerprint density at radius 2 is 1.84 bits per heavy atom. The van der Waals surface area contributed by atoms with Crippen molar-refractivity contribution in [2.75, 3.05) is 43.2 Å². The Hall–Kier alpha value is -4.51.